The van der Waals surface area contributed by atoms with E-state index in [1.54, 1.807) is 12.3 Å². The van der Waals surface area contributed by atoms with Crippen LogP contribution in [0.4, 0.5) is 8.78 Å². The van der Waals surface area contributed by atoms with Gasteiger partial charge in [-0.05, 0) is 25.1 Å². The third-order valence-electron chi connectivity index (χ3n) is 2.75. The summed E-state index contributed by atoms with van der Waals surface area (Å²) in [7, 11) is 0. The van der Waals surface area contributed by atoms with Gasteiger partial charge in [-0.25, -0.2) is 8.78 Å². The molecule has 2 aromatic rings. The summed E-state index contributed by atoms with van der Waals surface area (Å²) in [5, 5.41) is 3.23. The molecule has 0 aliphatic heterocycles. The molecule has 1 aromatic heterocycles. The van der Waals surface area contributed by atoms with Crippen LogP contribution < -0.4 is 5.32 Å². The fraction of sp³-hybridized carbons (Fsp3) is 0.286. The number of furan rings is 1. The molecule has 1 aromatic carbocycles. The van der Waals surface area contributed by atoms with Gasteiger partial charge in [-0.1, -0.05) is 13.0 Å². The lowest BCUT2D eigenvalue weighted by Gasteiger charge is -2.18. The van der Waals surface area contributed by atoms with E-state index in [9.17, 15) is 8.78 Å². The quantitative estimate of drug-likeness (QED) is 0.877. The first-order valence-electron chi connectivity index (χ1n) is 5.92. The van der Waals surface area contributed by atoms with E-state index < -0.39 is 11.6 Å². The molecule has 4 heteroatoms. The van der Waals surface area contributed by atoms with Crippen LogP contribution in [-0.4, -0.2) is 6.54 Å². The Morgan fingerprint density at radius 2 is 2.11 bits per heavy atom. The lowest BCUT2D eigenvalue weighted by Crippen LogP contribution is -2.23. The fourth-order valence-corrected chi connectivity index (χ4v) is 1.87. The predicted molar refractivity (Wildman–Crippen MR) is 65.2 cm³/mol. The molecule has 0 amide bonds. The lowest BCUT2D eigenvalue weighted by molar-refractivity contribution is 0.522. The molecule has 0 radical (unpaired) electrons. The summed E-state index contributed by atoms with van der Waals surface area (Å²) in [5.41, 5.74) is 1.25. The van der Waals surface area contributed by atoms with Crippen molar-refractivity contribution in [3.63, 3.8) is 0 Å². The van der Waals surface area contributed by atoms with Crippen molar-refractivity contribution < 1.29 is 13.2 Å². The molecule has 0 fully saturated rings. The molecule has 0 aliphatic rings. The largest absolute Gasteiger partial charge is 0.472 e. The van der Waals surface area contributed by atoms with E-state index in [2.05, 4.69) is 5.32 Å². The fourth-order valence-electron chi connectivity index (χ4n) is 1.87. The van der Waals surface area contributed by atoms with E-state index >= 15 is 0 Å². The number of hydrogen-bond donors (Lipinski definition) is 1. The molecule has 1 unspecified atom stereocenters. The maximum absolute atomic E-state index is 13.8. The van der Waals surface area contributed by atoms with Gasteiger partial charge in [0.05, 0.1) is 18.6 Å². The molecule has 18 heavy (non-hydrogen) atoms. The van der Waals surface area contributed by atoms with E-state index in [-0.39, 0.29) is 6.04 Å². The SMILES string of the molecule is CCCNC(c1ccoc1)c1ccc(F)cc1F. The van der Waals surface area contributed by atoms with Crippen LogP contribution in [0.3, 0.4) is 0 Å². The second-order valence-electron chi connectivity index (χ2n) is 4.11. The van der Waals surface area contributed by atoms with Crippen LogP contribution >= 0.6 is 0 Å². The summed E-state index contributed by atoms with van der Waals surface area (Å²) in [6, 6.07) is 5.08. The van der Waals surface area contributed by atoms with Crippen molar-refractivity contribution >= 4 is 0 Å². The zero-order valence-corrected chi connectivity index (χ0v) is 10.1. The minimum atomic E-state index is -0.572. The van der Waals surface area contributed by atoms with Gasteiger partial charge in [-0.3, -0.25) is 0 Å². The normalized spacial score (nSPS) is 12.6. The van der Waals surface area contributed by atoms with Crippen molar-refractivity contribution in [2.24, 2.45) is 0 Å². The Labute approximate surface area is 105 Å². The van der Waals surface area contributed by atoms with E-state index in [4.69, 9.17) is 4.42 Å². The third-order valence-corrected chi connectivity index (χ3v) is 2.75. The molecule has 1 atom stereocenters. The maximum Gasteiger partial charge on any atom is 0.131 e. The molecule has 0 bridgehead atoms. The molecule has 1 heterocycles. The van der Waals surface area contributed by atoms with Gasteiger partial charge in [-0.2, -0.15) is 0 Å². The van der Waals surface area contributed by atoms with Gasteiger partial charge in [0.2, 0.25) is 0 Å². The second kappa shape index (κ2) is 5.78. The molecular weight excluding hydrogens is 236 g/mol. The zero-order valence-electron chi connectivity index (χ0n) is 10.1. The molecule has 0 spiro atoms. The number of nitrogens with one attached hydrogen (secondary N) is 1. The summed E-state index contributed by atoms with van der Waals surface area (Å²) in [6.07, 6.45) is 4.03. The van der Waals surface area contributed by atoms with E-state index in [0.29, 0.717) is 5.56 Å². The summed E-state index contributed by atoms with van der Waals surface area (Å²) in [4.78, 5) is 0. The summed E-state index contributed by atoms with van der Waals surface area (Å²) >= 11 is 0. The Morgan fingerprint density at radius 3 is 2.72 bits per heavy atom. The average molecular weight is 251 g/mol. The minimum Gasteiger partial charge on any atom is -0.472 e. The summed E-state index contributed by atoms with van der Waals surface area (Å²) in [6.45, 7) is 2.77. The van der Waals surface area contributed by atoms with Crippen LogP contribution in [0.2, 0.25) is 0 Å². The van der Waals surface area contributed by atoms with Gasteiger partial charge < -0.3 is 9.73 Å². The Kier molecular flexibility index (Phi) is 4.10. The van der Waals surface area contributed by atoms with Crippen LogP contribution in [0, 0.1) is 11.6 Å². The first kappa shape index (κ1) is 12.8. The third kappa shape index (κ3) is 2.76. The smallest absolute Gasteiger partial charge is 0.131 e. The lowest BCUT2D eigenvalue weighted by atomic mass is 10.0. The zero-order chi connectivity index (χ0) is 13.0. The first-order chi connectivity index (χ1) is 8.72. The average Bonchev–Trinajstić information content (AvgIpc) is 2.85. The Morgan fingerprint density at radius 1 is 1.28 bits per heavy atom. The van der Waals surface area contributed by atoms with Crippen molar-refractivity contribution in [2.75, 3.05) is 6.54 Å². The highest BCUT2D eigenvalue weighted by Gasteiger charge is 2.18. The van der Waals surface area contributed by atoms with Gasteiger partial charge in [0, 0.05) is 17.2 Å². The van der Waals surface area contributed by atoms with Crippen LogP contribution in [0.15, 0.2) is 41.2 Å². The van der Waals surface area contributed by atoms with Gasteiger partial charge in [-0.15, -0.1) is 0 Å². The highest BCUT2D eigenvalue weighted by Crippen LogP contribution is 2.25. The number of hydrogen-bond acceptors (Lipinski definition) is 2. The van der Waals surface area contributed by atoms with E-state index in [0.717, 1.165) is 24.6 Å². The van der Waals surface area contributed by atoms with Gasteiger partial charge in [0.25, 0.3) is 0 Å². The highest BCUT2D eigenvalue weighted by molar-refractivity contribution is 5.31. The first-order valence-corrected chi connectivity index (χ1v) is 5.92. The standard InChI is InChI=1S/C14H15F2NO/c1-2-6-17-14(10-5-7-18-9-10)12-4-3-11(15)8-13(12)16/h3-5,7-9,14,17H,2,6H2,1H3. The Bertz CT molecular complexity index is 497. The molecular formula is C14H15F2NO. The maximum atomic E-state index is 13.8. The second-order valence-corrected chi connectivity index (χ2v) is 4.11. The monoisotopic (exact) mass is 251 g/mol. The topological polar surface area (TPSA) is 25.2 Å². The molecule has 96 valence electrons. The summed E-state index contributed by atoms with van der Waals surface area (Å²) < 4.78 is 31.8. The minimum absolute atomic E-state index is 0.315. The van der Waals surface area contributed by atoms with Crippen LogP contribution in [0.5, 0.6) is 0 Å². The molecule has 0 saturated carbocycles. The molecule has 0 saturated heterocycles. The molecule has 0 aliphatic carbocycles. The number of rotatable bonds is 5. The molecule has 2 nitrogen and oxygen atoms in total. The highest BCUT2D eigenvalue weighted by atomic mass is 19.1. The van der Waals surface area contributed by atoms with Crippen LogP contribution in [-0.2, 0) is 0 Å². The van der Waals surface area contributed by atoms with Crippen molar-refractivity contribution in [1.82, 2.24) is 5.32 Å². The van der Waals surface area contributed by atoms with Crippen LogP contribution in [0.25, 0.3) is 0 Å². The van der Waals surface area contributed by atoms with Crippen molar-refractivity contribution in [1.29, 1.82) is 0 Å². The number of benzene rings is 1. The molecule has 1 N–H and O–H groups in total. The van der Waals surface area contributed by atoms with E-state index in [1.807, 2.05) is 6.92 Å². The van der Waals surface area contributed by atoms with Gasteiger partial charge >= 0.3 is 0 Å². The summed E-state index contributed by atoms with van der Waals surface area (Å²) in [5.74, 6) is -1.12. The van der Waals surface area contributed by atoms with Crippen molar-refractivity contribution in [2.45, 2.75) is 19.4 Å². The Hall–Kier alpha value is -1.68. The van der Waals surface area contributed by atoms with Gasteiger partial charge in [0.1, 0.15) is 11.6 Å². The van der Waals surface area contributed by atoms with E-state index in [1.165, 1.54) is 18.4 Å². The Balaban J connectivity index is 2.33. The van der Waals surface area contributed by atoms with Gasteiger partial charge in [0.15, 0.2) is 0 Å². The predicted octanol–water partition coefficient (Wildman–Crippen LogP) is 3.65. The van der Waals surface area contributed by atoms with Crippen molar-refractivity contribution in [3.05, 3.63) is 59.6 Å². The molecule has 2 rings (SSSR count). The van der Waals surface area contributed by atoms with Crippen molar-refractivity contribution in [3.8, 4) is 0 Å². The van der Waals surface area contributed by atoms with Crippen LogP contribution in [0.1, 0.15) is 30.5 Å². The number of halogens is 2.